The van der Waals surface area contributed by atoms with Crippen LogP contribution >= 0.6 is 24.0 Å². The van der Waals surface area contributed by atoms with Gasteiger partial charge in [0.05, 0.1) is 4.90 Å². The molecule has 1 fully saturated rings. The van der Waals surface area contributed by atoms with E-state index in [1.165, 1.54) is 12.8 Å². The Morgan fingerprint density at radius 2 is 1.93 bits per heavy atom. The number of hydrogen-bond acceptors (Lipinski definition) is 3. The summed E-state index contributed by atoms with van der Waals surface area (Å²) in [5.41, 5.74) is 0. The van der Waals surface area contributed by atoms with Gasteiger partial charge in [0, 0.05) is 45.6 Å². The van der Waals surface area contributed by atoms with Gasteiger partial charge in [-0.3, -0.25) is 4.99 Å². The summed E-state index contributed by atoms with van der Waals surface area (Å²) in [4.78, 5) is 4.53. The molecule has 9 heteroatoms. The minimum absolute atomic E-state index is 0. The monoisotopic (exact) mass is 511 g/mol. The predicted octanol–water partition coefficient (Wildman–Crippen LogP) is 2.30. The quantitative estimate of drug-likeness (QED) is 0.227. The van der Waals surface area contributed by atoms with E-state index in [1.54, 1.807) is 37.1 Å². The van der Waals surface area contributed by atoms with Gasteiger partial charge in [0.25, 0.3) is 0 Å². The van der Waals surface area contributed by atoms with Gasteiger partial charge in [-0.15, -0.1) is 24.0 Å². The Kier molecular flexibility index (Phi) is 10.1. The highest BCUT2D eigenvalue weighted by atomic mass is 127. The molecule has 27 heavy (non-hydrogen) atoms. The van der Waals surface area contributed by atoms with E-state index in [4.69, 9.17) is 0 Å². The van der Waals surface area contributed by atoms with Crippen molar-refractivity contribution in [2.45, 2.75) is 50.5 Å². The molecule has 0 spiro atoms. The van der Waals surface area contributed by atoms with E-state index in [2.05, 4.69) is 34.2 Å². The molecule has 1 aliphatic rings. The van der Waals surface area contributed by atoms with Crippen LogP contribution in [0.2, 0.25) is 0 Å². The number of nitrogens with one attached hydrogen (secondary N) is 3. The van der Waals surface area contributed by atoms with Crippen LogP contribution in [-0.4, -0.2) is 45.1 Å². The third kappa shape index (κ3) is 7.61. The number of aromatic nitrogens is 1. The molecule has 1 aromatic heterocycles. The smallest absolute Gasteiger partial charge is 0.242 e. The lowest BCUT2D eigenvalue weighted by Crippen LogP contribution is -2.46. The van der Waals surface area contributed by atoms with Gasteiger partial charge in [-0.2, -0.15) is 0 Å². The maximum Gasteiger partial charge on any atom is 0.242 e. The predicted molar refractivity (Wildman–Crippen MR) is 121 cm³/mol. The van der Waals surface area contributed by atoms with Gasteiger partial charge in [0.1, 0.15) is 0 Å². The average molecular weight is 511 g/mol. The number of aliphatic imine (C=N–C) groups is 1. The van der Waals surface area contributed by atoms with Gasteiger partial charge in [-0.05, 0) is 43.6 Å². The first-order chi connectivity index (χ1) is 12.3. The van der Waals surface area contributed by atoms with E-state index in [9.17, 15) is 8.42 Å². The summed E-state index contributed by atoms with van der Waals surface area (Å²) in [6.07, 6.45) is 8.12. The first-order valence-corrected chi connectivity index (χ1v) is 10.9. The van der Waals surface area contributed by atoms with Gasteiger partial charge in [-0.1, -0.05) is 13.8 Å². The Morgan fingerprint density at radius 1 is 1.26 bits per heavy atom. The maximum atomic E-state index is 12.2. The SMILES string of the molecule is CN=C(NCCNS(=O)(=O)c1ccn(C)c1)NC1CCC(C(C)C)CC1.I. The van der Waals surface area contributed by atoms with Crippen LogP contribution < -0.4 is 15.4 Å². The second-order valence-electron chi connectivity index (χ2n) is 7.41. The van der Waals surface area contributed by atoms with Gasteiger partial charge in [0.15, 0.2) is 5.96 Å². The summed E-state index contributed by atoms with van der Waals surface area (Å²) < 4.78 is 28.6. The summed E-state index contributed by atoms with van der Waals surface area (Å²) in [6.45, 7) is 5.38. The van der Waals surface area contributed by atoms with E-state index in [0.29, 0.717) is 19.1 Å². The van der Waals surface area contributed by atoms with Gasteiger partial charge < -0.3 is 15.2 Å². The molecular formula is C18H34IN5O2S. The lowest BCUT2D eigenvalue weighted by molar-refractivity contribution is 0.250. The lowest BCUT2D eigenvalue weighted by atomic mass is 9.80. The zero-order valence-corrected chi connectivity index (χ0v) is 19.9. The van der Waals surface area contributed by atoms with Gasteiger partial charge in [-0.25, -0.2) is 13.1 Å². The van der Waals surface area contributed by atoms with Crippen molar-refractivity contribution >= 4 is 40.0 Å². The Bertz CT molecular complexity index is 694. The van der Waals surface area contributed by atoms with E-state index < -0.39 is 10.0 Å². The van der Waals surface area contributed by atoms with Crippen LogP contribution in [0.1, 0.15) is 39.5 Å². The molecule has 0 amide bonds. The van der Waals surface area contributed by atoms with E-state index in [0.717, 1.165) is 30.6 Å². The zero-order valence-electron chi connectivity index (χ0n) is 16.7. The van der Waals surface area contributed by atoms with Crippen LogP contribution in [0.15, 0.2) is 28.3 Å². The van der Waals surface area contributed by atoms with E-state index >= 15 is 0 Å². The summed E-state index contributed by atoms with van der Waals surface area (Å²) >= 11 is 0. The van der Waals surface area contributed by atoms with Gasteiger partial charge in [0.2, 0.25) is 10.0 Å². The highest BCUT2D eigenvalue weighted by molar-refractivity contribution is 14.0. The third-order valence-corrected chi connectivity index (χ3v) is 6.55. The molecule has 1 saturated carbocycles. The fraction of sp³-hybridized carbons (Fsp3) is 0.722. The molecule has 156 valence electrons. The van der Waals surface area contributed by atoms with Crippen molar-refractivity contribution in [3.8, 4) is 0 Å². The van der Waals surface area contributed by atoms with Crippen molar-refractivity contribution in [2.24, 2.45) is 23.9 Å². The van der Waals surface area contributed by atoms with Crippen molar-refractivity contribution in [3.63, 3.8) is 0 Å². The molecular weight excluding hydrogens is 477 g/mol. The van der Waals surface area contributed by atoms with Crippen LogP contribution in [0, 0.1) is 11.8 Å². The molecule has 2 rings (SSSR count). The Morgan fingerprint density at radius 3 is 2.44 bits per heavy atom. The minimum Gasteiger partial charge on any atom is -0.356 e. The number of rotatable bonds is 7. The fourth-order valence-corrected chi connectivity index (χ4v) is 4.49. The molecule has 1 heterocycles. The molecule has 0 saturated heterocycles. The summed E-state index contributed by atoms with van der Waals surface area (Å²) in [5, 5.41) is 6.64. The fourth-order valence-electron chi connectivity index (χ4n) is 3.40. The Labute approximate surface area is 180 Å². The normalized spacial score (nSPS) is 21.0. The molecule has 1 aliphatic carbocycles. The molecule has 0 aromatic carbocycles. The van der Waals surface area contributed by atoms with Crippen molar-refractivity contribution < 1.29 is 8.42 Å². The number of sulfonamides is 1. The van der Waals surface area contributed by atoms with Gasteiger partial charge >= 0.3 is 0 Å². The van der Waals surface area contributed by atoms with Crippen LogP contribution in [0.25, 0.3) is 0 Å². The summed E-state index contributed by atoms with van der Waals surface area (Å²) in [6, 6.07) is 2.03. The van der Waals surface area contributed by atoms with E-state index in [1.807, 2.05) is 0 Å². The zero-order chi connectivity index (χ0) is 19.2. The molecule has 0 aliphatic heterocycles. The van der Waals surface area contributed by atoms with Crippen molar-refractivity contribution in [3.05, 3.63) is 18.5 Å². The molecule has 0 bridgehead atoms. The molecule has 7 nitrogen and oxygen atoms in total. The van der Waals surface area contributed by atoms with Crippen molar-refractivity contribution in [2.75, 3.05) is 20.1 Å². The second kappa shape index (κ2) is 11.3. The molecule has 1 aromatic rings. The first kappa shape index (κ1) is 24.2. The highest BCUT2D eigenvalue weighted by Gasteiger charge is 2.23. The molecule has 3 N–H and O–H groups in total. The Balaban J connectivity index is 0.00000364. The number of aryl methyl sites for hydroxylation is 1. The number of nitrogens with zero attached hydrogens (tertiary/aromatic N) is 2. The standard InChI is InChI=1S/C18H33N5O2S.HI/c1-14(2)15-5-7-16(8-6-15)22-18(19-3)20-10-11-21-26(24,25)17-9-12-23(4)13-17;/h9,12-16,21H,5-8,10-11H2,1-4H3,(H2,19,20,22);1H. The first-order valence-electron chi connectivity index (χ1n) is 9.40. The summed E-state index contributed by atoms with van der Waals surface area (Å²) in [5.74, 6) is 2.32. The molecule has 0 radical (unpaired) electrons. The highest BCUT2D eigenvalue weighted by Crippen LogP contribution is 2.29. The van der Waals surface area contributed by atoms with Crippen LogP contribution in [-0.2, 0) is 17.1 Å². The van der Waals surface area contributed by atoms with Crippen LogP contribution in [0.4, 0.5) is 0 Å². The average Bonchev–Trinajstić information content (AvgIpc) is 3.05. The largest absolute Gasteiger partial charge is 0.356 e. The van der Waals surface area contributed by atoms with Crippen molar-refractivity contribution in [1.82, 2.24) is 19.9 Å². The Hall–Kier alpha value is -0.810. The van der Waals surface area contributed by atoms with Crippen LogP contribution in [0.5, 0.6) is 0 Å². The summed E-state index contributed by atoms with van der Waals surface area (Å²) in [7, 11) is 0.0790. The van der Waals surface area contributed by atoms with Crippen molar-refractivity contribution in [1.29, 1.82) is 0 Å². The topological polar surface area (TPSA) is 87.5 Å². The molecule has 0 atom stereocenters. The minimum atomic E-state index is -3.46. The number of guanidine groups is 1. The third-order valence-electron chi connectivity index (χ3n) is 5.10. The molecule has 0 unspecified atom stereocenters. The number of halogens is 1. The lowest BCUT2D eigenvalue weighted by Gasteiger charge is -2.32. The van der Waals surface area contributed by atoms with E-state index in [-0.39, 0.29) is 28.9 Å². The second-order valence-corrected chi connectivity index (χ2v) is 9.18. The maximum absolute atomic E-state index is 12.2. The number of hydrogen-bond donors (Lipinski definition) is 3. The van der Waals surface area contributed by atoms with Crippen LogP contribution in [0.3, 0.4) is 0 Å².